The molecule has 0 aliphatic carbocycles. The Morgan fingerprint density at radius 1 is 1.14 bits per heavy atom. The van der Waals surface area contributed by atoms with Gasteiger partial charge >= 0.3 is 0 Å². The summed E-state index contributed by atoms with van der Waals surface area (Å²) in [5.41, 5.74) is 5.86. The lowest BCUT2D eigenvalue weighted by atomic mass is 9.90. The number of nitrogens with one attached hydrogen (secondary N) is 1. The van der Waals surface area contributed by atoms with Crippen molar-refractivity contribution < 1.29 is 23.9 Å². The summed E-state index contributed by atoms with van der Waals surface area (Å²) in [6, 6.07) is 4.04. The maximum atomic E-state index is 13.2. The molecule has 1 aromatic carbocycles. The molecule has 1 atom stereocenters. The van der Waals surface area contributed by atoms with Crippen LogP contribution in [0.15, 0.2) is 18.2 Å². The van der Waals surface area contributed by atoms with Crippen LogP contribution in [-0.2, 0) is 19.9 Å². The molecule has 0 aromatic heterocycles. The van der Waals surface area contributed by atoms with Crippen molar-refractivity contribution in [2.24, 2.45) is 5.73 Å². The monoisotopic (exact) mass is 401 g/mol. The Labute approximate surface area is 169 Å². The Morgan fingerprint density at radius 3 is 2.45 bits per heavy atom. The molecule has 2 aliphatic heterocycles. The normalized spacial score (nSPS) is 20.2. The quantitative estimate of drug-likeness (QED) is 0.697. The zero-order valence-electron chi connectivity index (χ0n) is 17.2. The molecule has 0 bridgehead atoms. The molecule has 0 radical (unpaired) electrons. The van der Waals surface area contributed by atoms with Crippen LogP contribution in [-0.4, -0.2) is 46.7 Å². The van der Waals surface area contributed by atoms with Crippen LogP contribution in [0.2, 0.25) is 0 Å². The van der Waals surface area contributed by atoms with E-state index in [1.165, 1.54) is 0 Å². The van der Waals surface area contributed by atoms with E-state index in [1.54, 1.807) is 18.2 Å². The highest BCUT2D eigenvalue weighted by molar-refractivity contribution is 6.24. The molecule has 0 spiro atoms. The number of carbonyl (C=O) groups is 4. The van der Waals surface area contributed by atoms with Crippen molar-refractivity contribution in [1.29, 1.82) is 0 Å². The number of amides is 4. The SMILES string of the molecule is CC(C)(N)CCOC(C)(C)c1cccc2c1C(=O)N(C1CCC(=O)NC1=O)C2=O. The van der Waals surface area contributed by atoms with Gasteiger partial charge in [-0.1, -0.05) is 12.1 Å². The lowest BCUT2D eigenvalue weighted by Gasteiger charge is -2.30. The predicted molar refractivity (Wildman–Crippen MR) is 105 cm³/mol. The fourth-order valence-electron chi connectivity index (χ4n) is 3.66. The van der Waals surface area contributed by atoms with Crippen molar-refractivity contribution in [2.75, 3.05) is 6.61 Å². The Kier molecular flexibility index (Phi) is 5.36. The number of fused-ring (bicyclic) bond motifs is 1. The number of carbonyl (C=O) groups excluding carboxylic acids is 4. The van der Waals surface area contributed by atoms with E-state index in [2.05, 4.69) is 5.32 Å². The smallest absolute Gasteiger partial charge is 0.262 e. The van der Waals surface area contributed by atoms with Crippen molar-refractivity contribution in [1.82, 2.24) is 10.2 Å². The van der Waals surface area contributed by atoms with Crippen LogP contribution in [0.25, 0.3) is 0 Å². The van der Waals surface area contributed by atoms with Gasteiger partial charge in [-0.05, 0) is 52.2 Å². The number of ether oxygens (including phenoxy) is 1. The second kappa shape index (κ2) is 7.35. The van der Waals surface area contributed by atoms with Crippen LogP contribution in [0.3, 0.4) is 0 Å². The third kappa shape index (κ3) is 4.09. The lowest BCUT2D eigenvalue weighted by Crippen LogP contribution is -2.54. The molecule has 4 amide bonds. The van der Waals surface area contributed by atoms with Gasteiger partial charge in [0.1, 0.15) is 6.04 Å². The first-order valence-electron chi connectivity index (χ1n) is 9.70. The fraction of sp³-hybridized carbons (Fsp3) is 0.524. The summed E-state index contributed by atoms with van der Waals surface area (Å²) in [7, 11) is 0. The Balaban J connectivity index is 1.90. The number of hydrogen-bond donors (Lipinski definition) is 2. The lowest BCUT2D eigenvalue weighted by molar-refractivity contribution is -0.136. The van der Waals surface area contributed by atoms with Gasteiger partial charge in [-0.3, -0.25) is 29.4 Å². The van der Waals surface area contributed by atoms with Gasteiger partial charge in [0, 0.05) is 18.6 Å². The zero-order valence-corrected chi connectivity index (χ0v) is 17.2. The molecule has 1 fully saturated rings. The molecular weight excluding hydrogens is 374 g/mol. The maximum absolute atomic E-state index is 13.2. The van der Waals surface area contributed by atoms with Crippen molar-refractivity contribution in [3.63, 3.8) is 0 Å². The first kappa shape index (κ1) is 21.1. The standard InChI is InChI=1S/C21H27N3O5/c1-20(2,22)10-11-29-21(3,4)13-7-5-6-12-16(13)19(28)24(18(12)27)14-8-9-15(25)23-17(14)26/h5-7,14H,8-11,22H2,1-4H3,(H,23,25,26). The minimum absolute atomic E-state index is 0.0835. The molecule has 2 aliphatic rings. The minimum atomic E-state index is -0.991. The van der Waals surface area contributed by atoms with E-state index in [1.807, 2.05) is 27.7 Å². The number of nitrogens with zero attached hydrogens (tertiary/aromatic N) is 1. The minimum Gasteiger partial charge on any atom is -0.371 e. The van der Waals surface area contributed by atoms with Gasteiger partial charge in [0.15, 0.2) is 0 Å². The van der Waals surface area contributed by atoms with Crippen LogP contribution >= 0.6 is 0 Å². The molecule has 8 heteroatoms. The van der Waals surface area contributed by atoms with Crippen LogP contribution in [0.1, 0.15) is 73.2 Å². The van der Waals surface area contributed by atoms with E-state index < -0.39 is 35.3 Å². The van der Waals surface area contributed by atoms with E-state index >= 15 is 0 Å². The summed E-state index contributed by atoms with van der Waals surface area (Å²) >= 11 is 0. The van der Waals surface area contributed by atoms with E-state index in [0.717, 1.165) is 4.90 Å². The molecule has 1 unspecified atom stereocenters. The fourth-order valence-corrected chi connectivity index (χ4v) is 3.66. The van der Waals surface area contributed by atoms with Crippen molar-refractivity contribution in [2.45, 2.75) is 64.1 Å². The van der Waals surface area contributed by atoms with Crippen LogP contribution < -0.4 is 11.1 Å². The second-order valence-electron chi connectivity index (χ2n) is 8.77. The third-order valence-corrected chi connectivity index (χ3v) is 5.33. The van der Waals surface area contributed by atoms with E-state index in [4.69, 9.17) is 10.5 Å². The maximum Gasteiger partial charge on any atom is 0.262 e. The first-order chi connectivity index (χ1) is 13.4. The molecule has 2 heterocycles. The van der Waals surface area contributed by atoms with Crippen LogP contribution in [0.4, 0.5) is 0 Å². The Morgan fingerprint density at radius 2 is 1.83 bits per heavy atom. The van der Waals surface area contributed by atoms with Crippen molar-refractivity contribution >= 4 is 23.6 Å². The van der Waals surface area contributed by atoms with Gasteiger partial charge in [-0.15, -0.1) is 0 Å². The Bertz CT molecular complexity index is 885. The molecule has 29 heavy (non-hydrogen) atoms. The molecule has 156 valence electrons. The summed E-state index contributed by atoms with van der Waals surface area (Å²) in [5.74, 6) is -2.09. The highest BCUT2D eigenvalue weighted by Crippen LogP contribution is 2.36. The second-order valence-corrected chi connectivity index (χ2v) is 8.77. The summed E-state index contributed by atoms with van der Waals surface area (Å²) in [4.78, 5) is 50.8. The third-order valence-electron chi connectivity index (χ3n) is 5.33. The van der Waals surface area contributed by atoms with E-state index in [9.17, 15) is 19.2 Å². The molecule has 3 rings (SSSR count). The van der Waals surface area contributed by atoms with E-state index in [0.29, 0.717) is 18.6 Å². The van der Waals surface area contributed by atoms with Gasteiger partial charge in [0.2, 0.25) is 11.8 Å². The summed E-state index contributed by atoms with van der Waals surface area (Å²) in [5, 5.41) is 2.20. The molecular formula is C21H27N3O5. The zero-order chi connectivity index (χ0) is 21.6. The van der Waals surface area contributed by atoms with Gasteiger partial charge in [-0.25, -0.2) is 0 Å². The van der Waals surface area contributed by atoms with Crippen molar-refractivity contribution in [3.8, 4) is 0 Å². The number of benzene rings is 1. The predicted octanol–water partition coefficient (Wildman–Crippen LogP) is 1.47. The first-order valence-corrected chi connectivity index (χ1v) is 9.70. The van der Waals surface area contributed by atoms with Gasteiger partial charge in [-0.2, -0.15) is 0 Å². The number of nitrogens with two attached hydrogens (primary N) is 1. The van der Waals surface area contributed by atoms with Crippen LogP contribution in [0.5, 0.6) is 0 Å². The van der Waals surface area contributed by atoms with Gasteiger partial charge in [0.05, 0.1) is 16.7 Å². The Hall–Kier alpha value is -2.58. The average molecular weight is 401 g/mol. The van der Waals surface area contributed by atoms with Crippen LogP contribution in [0, 0.1) is 0 Å². The number of hydrogen-bond acceptors (Lipinski definition) is 6. The number of piperidine rings is 1. The molecule has 0 saturated carbocycles. The molecule has 1 aromatic rings. The highest BCUT2D eigenvalue weighted by Gasteiger charge is 2.47. The summed E-state index contributed by atoms with van der Waals surface area (Å²) < 4.78 is 6.03. The molecule has 8 nitrogen and oxygen atoms in total. The summed E-state index contributed by atoms with van der Waals surface area (Å²) in [6.07, 6.45) is 0.831. The van der Waals surface area contributed by atoms with Gasteiger partial charge in [0.25, 0.3) is 11.8 Å². The topological polar surface area (TPSA) is 119 Å². The largest absolute Gasteiger partial charge is 0.371 e. The number of rotatable bonds is 6. The summed E-state index contributed by atoms with van der Waals surface area (Å²) in [6.45, 7) is 7.86. The van der Waals surface area contributed by atoms with Gasteiger partial charge < -0.3 is 10.5 Å². The van der Waals surface area contributed by atoms with Crippen molar-refractivity contribution in [3.05, 3.63) is 34.9 Å². The highest BCUT2D eigenvalue weighted by atomic mass is 16.5. The molecule has 1 saturated heterocycles. The molecule has 3 N–H and O–H groups in total. The number of imide groups is 2. The van der Waals surface area contributed by atoms with E-state index in [-0.39, 0.29) is 29.5 Å². The average Bonchev–Trinajstić information content (AvgIpc) is 2.85.